The largest absolute Gasteiger partial charge is 0.440 e. The lowest BCUT2D eigenvalue weighted by Crippen LogP contribution is -2.47. The summed E-state index contributed by atoms with van der Waals surface area (Å²) in [6.45, 7) is 1.37. The number of rotatable bonds is 2. The minimum Gasteiger partial charge on any atom is -0.440 e. The summed E-state index contributed by atoms with van der Waals surface area (Å²) >= 11 is 1.58. The van der Waals surface area contributed by atoms with Crippen molar-refractivity contribution in [3.63, 3.8) is 0 Å². The van der Waals surface area contributed by atoms with Gasteiger partial charge in [-0.15, -0.1) is 0 Å². The van der Waals surface area contributed by atoms with Crippen molar-refractivity contribution < 1.29 is 13.9 Å². The standard InChI is InChI=1S/C11H16N2O3S/c12-8-1-2-11(15-5-6-16-11)7-9(8)17-10-13-3-4-14-10/h3-4,8-9H,1-2,5-7,12H2. The Morgan fingerprint density at radius 2 is 2.24 bits per heavy atom. The summed E-state index contributed by atoms with van der Waals surface area (Å²) in [5.74, 6) is -0.403. The molecule has 0 amide bonds. The summed E-state index contributed by atoms with van der Waals surface area (Å²) in [6, 6.07) is 0.144. The van der Waals surface area contributed by atoms with Gasteiger partial charge in [0.05, 0.1) is 19.4 Å². The highest BCUT2D eigenvalue weighted by Gasteiger charge is 2.44. The van der Waals surface area contributed by atoms with Crippen molar-refractivity contribution >= 4 is 11.8 Å². The van der Waals surface area contributed by atoms with E-state index < -0.39 is 5.79 Å². The van der Waals surface area contributed by atoms with Crippen LogP contribution in [-0.2, 0) is 9.47 Å². The summed E-state index contributed by atoms with van der Waals surface area (Å²) in [4.78, 5) is 4.12. The Hall–Kier alpha value is -0.560. The maximum atomic E-state index is 6.15. The normalized spacial score (nSPS) is 32.1. The number of thioether (sulfide) groups is 1. The molecule has 0 radical (unpaired) electrons. The first-order chi connectivity index (χ1) is 8.27. The minimum absolute atomic E-state index is 0.144. The number of hydrogen-bond acceptors (Lipinski definition) is 6. The number of hydrogen-bond donors (Lipinski definition) is 1. The summed E-state index contributed by atoms with van der Waals surface area (Å²) in [5.41, 5.74) is 6.15. The maximum absolute atomic E-state index is 6.15. The third-order valence-electron chi connectivity index (χ3n) is 3.32. The van der Waals surface area contributed by atoms with Gasteiger partial charge in [-0.25, -0.2) is 4.98 Å². The lowest BCUT2D eigenvalue weighted by molar-refractivity contribution is -0.176. The van der Waals surface area contributed by atoms with Crippen LogP contribution in [0.5, 0.6) is 0 Å². The molecule has 1 aromatic heterocycles. The van der Waals surface area contributed by atoms with Crippen LogP contribution in [0.2, 0.25) is 0 Å². The fraction of sp³-hybridized carbons (Fsp3) is 0.727. The average molecular weight is 256 g/mol. The predicted molar refractivity (Wildman–Crippen MR) is 62.6 cm³/mol. The van der Waals surface area contributed by atoms with Crippen LogP contribution in [0, 0.1) is 0 Å². The van der Waals surface area contributed by atoms with Crippen LogP contribution in [-0.4, -0.2) is 35.3 Å². The molecule has 5 nitrogen and oxygen atoms in total. The number of nitrogens with zero attached hydrogens (tertiary/aromatic N) is 1. The molecule has 94 valence electrons. The molecule has 2 heterocycles. The van der Waals surface area contributed by atoms with Gasteiger partial charge in [0.15, 0.2) is 5.79 Å². The van der Waals surface area contributed by atoms with Crippen LogP contribution < -0.4 is 5.73 Å². The zero-order valence-electron chi connectivity index (χ0n) is 9.50. The minimum atomic E-state index is -0.403. The molecule has 0 aromatic carbocycles. The second kappa shape index (κ2) is 4.61. The molecule has 1 aliphatic heterocycles. The van der Waals surface area contributed by atoms with E-state index in [1.165, 1.54) is 0 Å². The lowest BCUT2D eigenvalue weighted by Gasteiger charge is -2.38. The highest BCUT2D eigenvalue weighted by atomic mass is 32.2. The van der Waals surface area contributed by atoms with E-state index in [4.69, 9.17) is 19.6 Å². The predicted octanol–water partition coefficient (Wildman–Crippen LogP) is 1.39. The Morgan fingerprint density at radius 3 is 2.94 bits per heavy atom. The zero-order chi connectivity index (χ0) is 11.7. The number of aromatic nitrogens is 1. The molecular formula is C11H16N2O3S. The zero-order valence-corrected chi connectivity index (χ0v) is 10.3. The van der Waals surface area contributed by atoms with Gasteiger partial charge in [0.1, 0.15) is 6.26 Å². The smallest absolute Gasteiger partial charge is 0.255 e. The molecule has 2 aliphatic rings. The van der Waals surface area contributed by atoms with Crippen LogP contribution in [0.3, 0.4) is 0 Å². The van der Waals surface area contributed by atoms with Gasteiger partial charge in [-0.1, -0.05) is 11.8 Å². The van der Waals surface area contributed by atoms with Crippen LogP contribution in [0.15, 0.2) is 22.1 Å². The van der Waals surface area contributed by atoms with Crippen molar-refractivity contribution in [2.75, 3.05) is 13.2 Å². The number of ether oxygens (including phenoxy) is 2. The monoisotopic (exact) mass is 256 g/mol. The fourth-order valence-electron chi connectivity index (χ4n) is 2.42. The van der Waals surface area contributed by atoms with Crippen molar-refractivity contribution in [2.24, 2.45) is 5.73 Å². The van der Waals surface area contributed by atoms with Crippen LogP contribution in [0.4, 0.5) is 0 Å². The molecule has 2 N–H and O–H groups in total. The van der Waals surface area contributed by atoms with Crippen molar-refractivity contribution in [2.45, 2.75) is 41.6 Å². The lowest BCUT2D eigenvalue weighted by atomic mass is 9.90. The molecule has 1 aromatic rings. The molecule has 17 heavy (non-hydrogen) atoms. The molecule has 1 aliphatic carbocycles. The fourth-order valence-corrected chi connectivity index (χ4v) is 3.56. The first-order valence-corrected chi connectivity index (χ1v) is 6.75. The second-order valence-electron chi connectivity index (χ2n) is 4.47. The van der Waals surface area contributed by atoms with Gasteiger partial charge in [-0.05, 0) is 6.42 Å². The van der Waals surface area contributed by atoms with E-state index in [9.17, 15) is 0 Å². The van der Waals surface area contributed by atoms with E-state index in [-0.39, 0.29) is 11.3 Å². The number of nitrogens with two attached hydrogens (primary N) is 1. The Morgan fingerprint density at radius 1 is 1.41 bits per heavy atom. The molecule has 3 rings (SSSR count). The van der Waals surface area contributed by atoms with E-state index in [0.717, 1.165) is 19.3 Å². The highest BCUT2D eigenvalue weighted by Crippen LogP contribution is 2.41. The third-order valence-corrected chi connectivity index (χ3v) is 4.55. The van der Waals surface area contributed by atoms with Gasteiger partial charge in [-0.3, -0.25) is 0 Å². The van der Waals surface area contributed by atoms with E-state index in [2.05, 4.69) is 4.98 Å². The van der Waals surface area contributed by atoms with Crippen molar-refractivity contribution in [1.82, 2.24) is 4.98 Å². The molecular weight excluding hydrogens is 240 g/mol. The van der Waals surface area contributed by atoms with Gasteiger partial charge < -0.3 is 19.6 Å². The third kappa shape index (κ3) is 2.35. The molecule has 0 bridgehead atoms. The molecule has 1 saturated heterocycles. The highest BCUT2D eigenvalue weighted by molar-refractivity contribution is 7.99. The second-order valence-corrected chi connectivity index (χ2v) is 5.66. The van der Waals surface area contributed by atoms with E-state index in [0.29, 0.717) is 18.4 Å². The van der Waals surface area contributed by atoms with Gasteiger partial charge in [0.25, 0.3) is 5.22 Å². The molecule has 2 unspecified atom stereocenters. The molecule has 6 heteroatoms. The summed E-state index contributed by atoms with van der Waals surface area (Å²) in [5, 5.41) is 0.904. The van der Waals surface area contributed by atoms with Crippen molar-refractivity contribution in [3.8, 4) is 0 Å². The van der Waals surface area contributed by atoms with Gasteiger partial charge in [0.2, 0.25) is 0 Å². The van der Waals surface area contributed by atoms with Crippen LogP contribution >= 0.6 is 11.8 Å². The van der Waals surface area contributed by atoms with Crippen LogP contribution in [0.25, 0.3) is 0 Å². The van der Waals surface area contributed by atoms with E-state index >= 15 is 0 Å². The summed E-state index contributed by atoms with van der Waals surface area (Å²) in [7, 11) is 0. The van der Waals surface area contributed by atoms with E-state index in [1.54, 1.807) is 24.2 Å². The SMILES string of the molecule is NC1CCC2(CC1Sc1ncco1)OCCO2. The van der Waals surface area contributed by atoms with Gasteiger partial charge >= 0.3 is 0 Å². The number of oxazole rings is 1. The Balaban J connectivity index is 1.69. The molecule has 1 saturated carbocycles. The quantitative estimate of drug-likeness (QED) is 0.862. The van der Waals surface area contributed by atoms with Gasteiger partial charge in [-0.2, -0.15) is 0 Å². The van der Waals surface area contributed by atoms with E-state index in [1.807, 2.05) is 0 Å². The first-order valence-electron chi connectivity index (χ1n) is 5.87. The van der Waals surface area contributed by atoms with Crippen LogP contribution in [0.1, 0.15) is 19.3 Å². The maximum Gasteiger partial charge on any atom is 0.255 e. The summed E-state index contributed by atoms with van der Waals surface area (Å²) < 4.78 is 16.7. The Bertz CT molecular complexity index is 365. The molecule has 1 spiro atoms. The Labute approximate surface area is 104 Å². The first kappa shape index (κ1) is 11.5. The molecule has 2 atom stereocenters. The molecule has 2 fully saturated rings. The Kier molecular flexibility index (Phi) is 3.12. The van der Waals surface area contributed by atoms with Crippen molar-refractivity contribution in [3.05, 3.63) is 12.5 Å². The van der Waals surface area contributed by atoms with Crippen molar-refractivity contribution in [1.29, 1.82) is 0 Å². The average Bonchev–Trinajstić information content (AvgIpc) is 2.96. The van der Waals surface area contributed by atoms with Gasteiger partial charge in [0, 0.05) is 24.1 Å². The summed E-state index contributed by atoms with van der Waals surface area (Å²) in [6.07, 6.45) is 5.83. The topological polar surface area (TPSA) is 70.5 Å².